The van der Waals surface area contributed by atoms with Crippen molar-refractivity contribution in [3.63, 3.8) is 0 Å². The monoisotopic (exact) mass is 540 g/mol. The molecule has 2 N–H and O–H groups in total. The van der Waals surface area contributed by atoms with Crippen LogP contribution in [0.2, 0.25) is 0 Å². The van der Waals surface area contributed by atoms with Crippen molar-refractivity contribution in [1.29, 1.82) is 0 Å². The van der Waals surface area contributed by atoms with E-state index in [2.05, 4.69) is 17.2 Å². The summed E-state index contributed by atoms with van der Waals surface area (Å²) in [6.45, 7) is 4.58. The first-order valence-corrected chi connectivity index (χ1v) is 13.2. The minimum atomic E-state index is -0.758. The maximum atomic E-state index is 14.1. The number of hydrogen-bond acceptors (Lipinski definition) is 5. The largest absolute Gasteiger partial charge is 0.340 e. The van der Waals surface area contributed by atoms with E-state index >= 15 is 0 Å². The van der Waals surface area contributed by atoms with Gasteiger partial charge in [0.15, 0.2) is 0 Å². The van der Waals surface area contributed by atoms with Gasteiger partial charge in [0.2, 0.25) is 18.2 Å². The van der Waals surface area contributed by atoms with Crippen molar-refractivity contribution in [3.8, 4) is 0 Å². The second kappa shape index (κ2) is 11.6. The zero-order valence-electron chi connectivity index (χ0n) is 22.3. The number of urea groups is 1. The Bertz CT molecular complexity index is 1440. The molecule has 3 aromatic rings. The number of piperazine rings is 1. The molecule has 0 aromatic heterocycles. The molecule has 0 radical (unpaired) electrons. The predicted molar refractivity (Wildman–Crippen MR) is 152 cm³/mol. The third kappa shape index (κ3) is 5.13. The van der Waals surface area contributed by atoms with Gasteiger partial charge in [-0.25, -0.2) is 4.79 Å². The Kier molecular flexibility index (Phi) is 7.79. The predicted octanol–water partition coefficient (Wildman–Crippen LogP) is 2.57. The number of carbonyl (C=O) groups is 4. The van der Waals surface area contributed by atoms with Gasteiger partial charge in [-0.2, -0.15) is 5.01 Å². The van der Waals surface area contributed by atoms with E-state index in [9.17, 15) is 19.2 Å². The Hall–Kier alpha value is -4.70. The van der Waals surface area contributed by atoms with E-state index in [1.54, 1.807) is 33.0 Å². The molecule has 2 saturated heterocycles. The standard InChI is InChI=1S/C30H32N6O4/c1-3-15-34(30(40)31-2)35-19-28(38)36-26(16-21-11-13-24(14-12-21)32-20-37)29(39)33(18-27(35)36)17-23-9-6-8-22-7-4-5-10-25(22)23/h3-14,20,26-27H,1,15-19H2,2H3,(H,31,40)(H,32,37)/t26-,27+/m0/s1. The first-order valence-electron chi connectivity index (χ1n) is 13.2. The molecule has 5 rings (SSSR count). The van der Waals surface area contributed by atoms with Crippen LogP contribution in [0.25, 0.3) is 10.8 Å². The van der Waals surface area contributed by atoms with Gasteiger partial charge in [0.05, 0.1) is 19.6 Å². The van der Waals surface area contributed by atoms with Gasteiger partial charge >= 0.3 is 6.03 Å². The summed E-state index contributed by atoms with van der Waals surface area (Å²) in [5, 5.41) is 10.6. The van der Waals surface area contributed by atoms with E-state index in [0.717, 1.165) is 21.9 Å². The number of nitrogens with one attached hydrogen (secondary N) is 2. The van der Waals surface area contributed by atoms with Crippen molar-refractivity contribution in [3.05, 3.63) is 90.5 Å². The lowest BCUT2D eigenvalue weighted by Crippen LogP contribution is -2.65. The molecule has 0 saturated carbocycles. The van der Waals surface area contributed by atoms with E-state index in [0.29, 0.717) is 25.1 Å². The van der Waals surface area contributed by atoms with Crippen LogP contribution in [0.15, 0.2) is 79.4 Å². The Morgan fingerprint density at radius 1 is 1.07 bits per heavy atom. The van der Waals surface area contributed by atoms with Crippen LogP contribution in [0.1, 0.15) is 11.1 Å². The topological polar surface area (TPSA) is 105 Å². The molecule has 0 bridgehead atoms. The number of amides is 5. The molecule has 0 unspecified atom stereocenters. The minimum absolute atomic E-state index is 0.0278. The van der Waals surface area contributed by atoms with Gasteiger partial charge in [-0.3, -0.25) is 19.4 Å². The Morgan fingerprint density at radius 2 is 1.82 bits per heavy atom. The second-order valence-corrected chi connectivity index (χ2v) is 9.84. The number of anilines is 1. The maximum Gasteiger partial charge on any atom is 0.332 e. The molecule has 10 heteroatoms. The number of hydrazine groups is 1. The van der Waals surface area contributed by atoms with E-state index in [1.807, 2.05) is 54.6 Å². The van der Waals surface area contributed by atoms with Gasteiger partial charge < -0.3 is 20.4 Å². The molecule has 2 fully saturated rings. The molecular weight excluding hydrogens is 508 g/mol. The molecule has 2 atom stereocenters. The quantitative estimate of drug-likeness (QED) is 0.321. The molecule has 206 valence electrons. The summed E-state index contributed by atoms with van der Waals surface area (Å²) in [5.41, 5.74) is 2.49. The summed E-state index contributed by atoms with van der Waals surface area (Å²) < 4.78 is 0. The van der Waals surface area contributed by atoms with Crippen LogP contribution in [0.5, 0.6) is 0 Å². The Labute approximate surface area is 232 Å². The van der Waals surface area contributed by atoms with E-state index in [1.165, 1.54) is 12.1 Å². The number of carbonyl (C=O) groups excluding carboxylic acids is 4. The van der Waals surface area contributed by atoms with Crippen molar-refractivity contribution >= 4 is 40.7 Å². The lowest BCUT2D eigenvalue weighted by atomic mass is 9.98. The van der Waals surface area contributed by atoms with Gasteiger partial charge in [0.25, 0.3) is 0 Å². The average Bonchev–Trinajstić information content (AvgIpc) is 3.29. The first kappa shape index (κ1) is 26.9. The molecule has 10 nitrogen and oxygen atoms in total. The molecule has 5 amide bonds. The SMILES string of the molecule is C=CCN(C(=O)NC)N1CC(=O)N2[C@@H](Cc3ccc(NC=O)cc3)C(=O)N(Cc3cccc4ccccc34)C[C@@H]21. The van der Waals surface area contributed by atoms with Crippen LogP contribution in [0.3, 0.4) is 0 Å². The van der Waals surface area contributed by atoms with E-state index < -0.39 is 12.2 Å². The average molecular weight is 541 g/mol. The van der Waals surface area contributed by atoms with Crippen LogP contribution in [0, 0.1) is 0 Å². The van der Waals surface area contributed by atoms with Crippen LogP contribution >= 0.6 is 0 Å². The summed E-state index contributed by atoms with van der Waals surface area (Å²) in [6.07, 6.45) is 1.98. The number of nitrogens with zero attached hydrogens (tertiary/aromatic N) is 4. The molecule has 2 heterocycles. The van der Waals surface area contributed by atoms with Crippen molar-refractivity contribution in [2.75, 3.05) is 32.0 Å². The molecule has 0 aliphatic carbocycles. The molecule has 2 aliphatic rings. The van der Waals surface area contributed by atoms with Gasteiger partial charge in [0.1, 0.15) is 12.2 Å². The highest BCUT2D eigenvalue weighted by Gasteiger charge is 2.52. The molecule has 3 aromatic carbocycles. The number of benzene rings is 3. The van der Waals surface area contributed by atoms with Gasteiger partial charge in [0, 0.05) is 25.7 Å². The zero-order valence-corrected chi connectivity index (χ0v) is 22.3. The Morgan fingerprint density at radius 3 is 2.55 bits per heavy atom. The van der Waals surface area contributed by atoms with Gasteiger partial charge in [-0.05, 0) is 34.0 Å². The third-order valence-corrected chi connectivity index (χ3v) is 7.48. The second-order valence-electron chi connectivity index (χ2n) is 9.84. The fourth-order valence-electron chi connectivity index (χ4n) is 5.61. The Balaban J connectivity index is 1.51. The third-order valence-electron chi connectivity index (χ3n) is 7.48. The molecule has 2 aliphatic heterocycles. The van der Waals surface area contributed by atoms with E-state index in [-0.39, 0.29) is 37.5 Å². The smallest absolute Gasteiger partial charge is 0.332 e. The first-order chi connectivity index (χ1) is 19.4. The highest BCUT2D eigenvalue weighted by Crippen LogP contribution is 2.31. The number of rotatable bonds is 9. The van der Waals surface area contributed by atoms with Crippen LogP contribution in [-0.4, -0.2) is 83.0 Å². The lowest BCUT2D eigenvalue weighted by molar-refractivity contribution is -0.157. The fraction of sp³-hybridized carbons (Fsp3) is 0.267. The van der Waals surface area contributed by atoms with Gasteiger partial charge in [-0.1, -0.05) is 60.7 Å². The summed E-state index contributed by atoms with van der Waals surface area (Å²) in [4.78, 5) is 54.5. The van der Waals surface area contributed by atoms with Crippen molar-refractivity contribution < 1.29 is 19.2 Å². The highest BCUT2D eigenvalue weighted by atomic mass is 16.2. The van der Waals surface area contributed by atoms with Crippen molar-refractivity contribution in [1.82, 2.24) is 25.1 Å². The van der Waals surface area contributed by atoms with Crippen molar-refractivity contribution in [2.24, 2.45) is 0 Å². The fourth-order valence-corrected chi connectivity index (χ4v) is 5.61. The summed E-state index contributed by atoms with van der Waals surface area (Å²) >= 11 is 0. The van der Waals surface area contributed by atoms with Crippen LogP contribution in [-0.2, 0) is 27.3 Å². The minimum Gasteiger partial charge on any atom is -0.340 e. The normalized spacial score (nSPS) is 18.9. The van der Waals surface area contributed by atoms with Crippen LogP contribution < -0.4 is 10.6 Å². The van der Waals surface area contributed by atoms with Crippen LogP contribution in [0.4, 0.5) is 10.5 Å². The molecule has 0 spiro atoms. The summed E-state index contributed by atoms with van der Waals surface area (Å²) in [5.74, 6) is -0.366. The highest BCUT2D eigenvalue weighted by molar-refractivity contribution is 5.92. The maximum absolute atomic E-state index is 14.1. The lowest BCUT2D eigenvalue weighted by Gasteiger charge is -2.46. The van der Waals surface area contributed by atoms with Gasteiger partial charge in [-0.15, -0.1) is 6.58 Å². The summed E-state index contributed by atoms with van der Waals surface area (Å²) in [7, 11) is 1.54. The molecular formula is C30H32N6O4. The summed E-state index contributed by atoms with van der Waals surface area (Å²) in [6, 6.07) is 20.2. The zero-order chi connectivity index (χ0) is 28.2. The number of hydrogen-bond donors (Lipinski definition) is 2. The molecule has 40 heavy (non-hydrogen) atoms. The number of fused-ring (bicyclic) bond motifs is 2. The van der Waals surface area contributed by atoms with Crippen molar-refractivity contribution in [2.45, 2.75) is 25.2 Å². The van der Waals surface area contributed by atoms with E-state index in [4.69, 9.17) is 0 Å².